The van der Waals surface area contributed by atoms with Gasteiger partial charge in [-0.2, -0.15) is 13.2 Å². The van der Waals surface area contributed by atoms with Crippen LogP contribution in [0.15, 0.2) is 70.6 Å². The molecule has 0 aliphatic carbocycles. The van der Waals surface area contributed by atoms with Gasteiger partial charge in [-0.25, -0.2) is 0 Å². The Labute approximate surface area is 178 Å². The van der Waals surface area contributed by atoms with Crippen molar-refractivity contribution in [3.8, 4) is 0 Å². The van der Waals surface area contributed by atoms with E-state index in [1.807, 2.05) is 0 Å². The van der Waals surface area contributed by atoms with Gasteiger partial charge < -0.3 is 5.73 Å². The fraction of sp³-hybridized carbons (Fsp3) is 0.0455. The van der Waals surface area contributed by atoms with Crippen molar-refractivity contribution in [2.24, 2.45) is 5.73 Å². The minimum Gasteiger partial charge on any atom is -0.393 e. The molecule has 3 aromatic carbocycles. The number of carbonyl (C=O) groups is 1. The van der Waals surface area contributed by atoms with Gasteiger partial charge in [0.05, 0.1) is 26.0 Å². The van der Waals surface area contributed by atoms with Gasteiger partial charge in [-0.1, -0.05) is 42.1 Å². The molecule has 1 aliphatic heterocycles. The number of rotatable bonds is 3. The Morgan fingerprint density at radius 2 is 1.77 bits per heavy atom. The number of alkyl halides is 3. The van der Waals surface area contributed by atoms with E-state index < -0.39 is 22.4 Å². The molecule has 1 heterocycles. The average Bonchev–Trinajstić information content (AvgIpc) is 3.00. The highest BCUT2D eigenvalue weighted by Crippen LogP contribution is 2.42. The van der Waals surface area contributed by atoms with Gasteiger partial charge in [-0.05, 0) is 46.2 Å². The predicted molar refractivity (Wildman–Crippen MR) is 114 cm³/mol. The zero-order valence-corrected chi connectivity index (χ0v) is 16.5. The maximum Gasteiger partial charge on any atom is 0.416 e. The number of halogens is 3. The van der Waals surface area contributed by atoms with Crippen LogP contribution in [0.3, 0.4) is 0 Å². The summed E-state index contributed by atoms with van der Waals surface area (Å²) in [4.78, 5) is 23.7. The smallest absolute Gasteiger partial charge is 0.393 e. The molecule has 0 saturated carbocycles. The number of carbonyl (C=O) groups excluding carboxylic acids is 1. The van der Waals surface area contributed by atoms with Crippen LogP contribution in [0.4, 0.5) is 18.9 Å². The Morgan fingerprint density at radius 3 is 2.48 bits per heavy atom. The van der Waals surface area contributed by atoms with Gasteiger partial charge in [0.25, 0.3) is 5.69 Å². The topological polar surface area (TPSA) is 86.2 Å². The Bertz CT molecular complexity index is 1310. The zero-order chi connectivity index (χ0) is 22.3. The third kappa shape index (κ3) is 3.91. The van der Waals surface area contributed by atoms with Crippen LogP contribution < -0.4 is 5.73 Å². The van der Waals surface area contributed by atoms with Crippen LogP contribution in [0.1, 0.15) is 16.7 Å². The van der Waals surface area contributed by atoms with Crippen molar-refractivity contribution in [3.05, 3.63) is 97.4 Å². The number of benzene rings is 3. The molecule has 0 atom stereocenters. The first kappa shape index (κ1) is 20.7. The fourth-order valence-electron chi connectivity index (χ4n) is 3.35. The lowest BCUT2D eigenvalue weighted by Crippen LogP contribution is -2.07. The number of allylic oxidation sites excluding steroid dienone is 2. The third-order valence-electron chi connectivity index (χ3n) is 4.79. The molecule has 1 aliphatic rings. The summed E-state index contributed by atoms with van der Waals surface area (Å²) in [6, 6.07) is 14.0. The first-order valence-corrected chi connectivity index (χ1v) is 9.75. The van der Waals surface area contributed by atoms with Gasteiger partial charge in [0.1, 0.15) is 0 Å². The average molecular weight is 442 g/mol. The van der Waals surface area contributed by atoms with Gasteiger partial charge in [0, 0.05) is 12.1 Å². The first-order chi connectivity index (χ1) is 14.6. The van der Waals surface area contributed by atoms with E-state index in [0.717, 1.165) is 23.9 Å². The van der Waals surface area contributed by atoms with Crippen LogP contribution in [0.5, 0.6) is 0 Å². The van der Waals surface area contributed by atoms with Gasteiger partial charge >= 0.3 is 6.18 Å². The maximum absolute atomic E-state index is 13.0. The monoisotopic (exact) mass is 442 g/mol. The van der Waals surface area contributed by atoms with Crippen LogP contribution in [-0.4, -0.2) is 10.7 Å². The zero-order valence-electron chi connectivity index (χ0n) is 15.6. The molecule has 0 aromatic heterocycles. The minimum atomic E-state index is -4.54. The Hall–Kier alpha value is -3.59. The molecular weight excluding hydrogens is 429 g/mol. The molecule has 5 nitrogen and oxygen atoms in total. The van der Waals surface area contributed by atoms with E-state index in [2.05, 4.69) is 0 Å². The summed E-state index contributed by atoms with van der Waals surface area (Å²) in [5, 5.41) is 12.4. The molecule has 0 bridgehead atoms. The number of nitrogens with two attached hydrogens (primary N) is 1. The van der Waals surface area contributed by atoms with E-state index in [0.29, 0.717) is 16.3 Å². The lowest BCUT2D eigenvalue weighted by atomic mass is 9.98. The summed E-state index contributed by atoms with van der Waals surface area (Å²) in [6.45, 7) is 0. The van der Waals surface area contributed by atoms with Gasteiger partial charge in [-0.15, -0.1) is 0 Å². The number of nitrogens with zero attached hydrogens (tertiary/aromatic N) is 1. The number of hydrogen-bond acceptors (Lipinski definition) is 5. The molecular formula is C22H13F3N2O3S. The number of hydrogen-bond donors (Lipinski definition) is 1. The second-order valence-corrected chi connectivity index (χ2v) is 7.85. The summed E-state index contributed by atoms with van der Waals surface area (Å²) in [7, 11) is 0. The predicted octanol–water partition coefficient (Wildman–Crippen LogP) is 5.75. The van der Waals surface area contributed by atoms with E-state index in [1.54, 1.807) is 30.3 Å². The van der Waals surface area contributed by atoms with Crippen LogP contribution in [0.2, 0.25) is 0 Å². The molecule has 2 N–H and O–H groups in total. The lowest BCUT2D eigenvalue weighted by Gasteiger charge is -2.09. The van der Waals surface area contributed by atoms with Gasteiger partial charge in [0.2, 0.25) is 5.78 Å². The molecule has 9 heteroatoms. The molecule has 0 saturated heterocycles. The number of nitro groups is 1. The van der Waals surface area contributed by atoms with Crippen molar-refractivity contribution >= 4 is 45.7 Å². The van der Waals surface area contributed by atoms with E-state index in [4.69, 9.17) is 5.73 Å². The number of ketones is 1. The Balaban J connectivity index is 1.73. The highest BCUT2D eigenvalue weighted by Gasteiger charge is 2.33. The van der Waals surface area contributed by atoms with E-state index in [-0.39, 0.29) is 26.8 Å². The number of thioether (sulfide) groups is 1. The molecule has 0 unspecified atom stereocenters. The maximum atomic E-state index is 13.0. The number of nitro benzene ring substituents is 1. The highest BCUT2D eigenvalue weighted by molar-refractivity contribution is 8.08. The van der Waals surface area contributed by atoms with Crippen LogP contribution >= 0.6 is 11.8 Å². The van der Waals surface area contributed by atoms with E-state index >= 15 is 0 Å². The SMILES string of the molecule is NC1=C(c2cccc(C(F)(F)F)c2)C(=O)/C(=C\c2cccc3cc([N+](=O)[O-])ccc23)S1. The normalized spacial score (nSPS) is 15.8. The summed E-state index contributed by atoms with van der Waals surface area (Å²) in [5.74, 6) is -0.472. The van der Waals surface area contributed by atoms with Crippen molar-refractivity contribution < 1.29 is 22.9 Å². The summed E-state index contributed by atoms with van der Waals surface area (Å²) >= 11 is 0.981. The van der Waals surface area contributed by atoms with Crippen molar-refractivity contribution in [1.82, 2.24) is 0 Å². The van der Waals surface area contributed by atoms with E-state index in [1.165, 1.54) is 24.3 Å². The molecule has 31 heavy (non-hydrogen) atoms. The largest absolute Gasteiger partial charge is 0.416 e. The standard InChI is InChI=1S/C22H13F3N2O3S/c23-22(24,25)15-6-2-5-14(9-15)19-20(28)18(31-21(19)26)11-13-4-1-3-12-10-16(27(29)30)7-8-17(12)13/h1-11H,26H2/b18-11+. The summed E-state index contributed by atoms with van der Waals surface area (Å²) in [5.41, 5.74) is 5.84. The molecule has 0 fully saturated rings. The van der Waals surface area contributed by atoms with Crippen LogP contribution in [-0.2, 0) is 11.0 Å². The number of Topliss-reactive ketones (excluding diaryl/α,β-unsaturated/α-hetero) is 1. The minimum absolute atomic E-state index is 0.0261. The van der Waals surface area contributed by atoms with Crippen molar-refractivity contribution in [2.45, 2.75) is 6.18 Å². The molecule has 0 amide bonds. The number of fused-ring (bicyclic) bond motifs is 1. The quantitative estimate of drug-likeness (QED) is 0.317. The molecule has 0 radical (unpaired) electrons. The Morgan fingerprint density at radius 1 is 1.03 bits per heavy atom. The lowest BCUT2D eigenvalue weighted by molar-refractivity contribution is -0.384. The number of non-ortho nitro benzene ring substituents is 1. The molecule has 3 aromatic rings. The van der Waals surface area contributed by atoms with Crippen LogP contribution in [0.25, 0.3) is 22.4 Å². The summed E-state index contributed by atoms with van der Waals surface area (Å²) < 4.78 is 39.1. The molecule has 4 rings (SSSR count). The second kappa shape index (κ2) is 7.59. The highest BCUT2D eigenvalue weighted by atomic mass is 32.2. The fourth-order valence-corrected chi connectivity index (χ4v) is 4.28. The molecule has 156 valence electrons. The summed E-state index contributed by atoms with van der Waals surface area (Å²) in [6.07, 6.45) is -2.95. The Kier molecular flexibility index (Phi) is 5.06. The second-order valence-electron chi connectivity index (χ2n) is 6.77. The van der Waals surface area contributed by atoms with Crippen LogP contribution in [0, 0.1) is 10.1 Å². The third-order valence-corrected chi connectivity index (χ3v) is 5.74. The van der Waals surface area contributed by atoms with Gasteiger partial charge in [0.15, 0.2) is 0 Å². The van der Waals surface area contributed by atoms with Crippen molar-refractivity contribution in [2.75, 3.05) is 0 Å². The van der Waals surface area contributed by atoms with E-state index in [9.17, 15) is 28.1 Å². The van der Waals surface area contributed by atoms with Crippen molar-refractivity contribution in [3.63, 3.8) is 0 Å². The van der Waals surface area contributed by atoms with Crippen molar-refractivity contribution in [1.29, 1.82) is 0 Å². The molecule has 0 spiro atoms. The first-order valence-electron chi connectivity index (χ1n) is 8.94. The van der Waals surface area contributed by atoms with Gasteiger partial charge in [-0.3, -0.25) is 14.9 Å².